The predicted molar refractivity (Wildman–Crippen MR) is 65.3 cm³/mol. The van der Waals surface area contributed by atoms with E-state index in [-0.39, 0.29) is 11.4 Å². The van der Waals surface area contributed by atoms with Crippen LogP contribution >= 0.6 is 0 Å². The molecular formula is C12H12N2O3. The van der Waals surface area contributed by atoms with E-state index in [0.717, 1.165) is 6.08 Å². The van der Waals surface area contributed by atoms with Crippen LogP contribution in [0.5, 0.6) is 5.75 Å². The third-order valence-corrected chi connectivity index (χ3v) is 1.76. The molecule has 1 aromatic rings. The van der Waals surface area contributed by atoms with Crippen LogP contribution < -0.4 is 5.73 Å². The number of rotatable bonds is 4. The standard InChI is InChI=1S/C12H12N2O3/c13-9(1-6-12(16)17)7-8-14-10-2-4-11(15)5-3-10/h1-8,15H,13H2,(H,16,17)/b6-1-,9-7+,14-8?. The highest BCUT2D eigenvalue weighted by Crippen LogP contribution is 2.15. The molecule has 17 heavy (non-hydrogen) atoms. The minimum absolute atomic E-state index is 0.170. The molecule has 0 aromatic heterocycles. The van der Waals surface area contributed by atoms with E-state index in [9.17, 15) is 4.79 Å². The summed E-state index contributed by atoms with van der Waals surface area (Å²) >= 11 is 0. The quantitative estimate of drug-likeness (QED) is 0.417. The van der Waals surface area contributed by atoms with Crippen molar-refractivity contribution in [2.75, 3.05) is 0 Å². The van der Waals surface area contributed by atoms with Gasteiger partial charge in [-0.2, -0.15) is 0 Å². The van der Waals surface area contributed by atoms with Crippen LogP contribution in [0, 0.1) is 0 Å². The van der Waals surface area contributed by atoms with Gasteiger partial charge >= 0.3 is 5.97 Å². The SMILES string of the molecule is NC(/C=C\C(=O)O)=C/C=Nc1ccc(O)cc1. The van der Waals surface area contributed by atoms with Crippen LogP contribution in [0.15, 0.2) is 53.2 Å². The molecule has 88 valence electrons. The Morgan fingerprint density at radius 3 is 2.47 bits per heavy atom. The van der Waals surface area contributed by atoms with Gasteiger partial charge in [-0.25, -0.2) is 4.79 Å². The highest BCUT2D eigenvalue weighted by molar-refractivity contribution is 5.81. The summed E-state index contributed by atoms with van der Waals surface area (Å²) in [7, 11) is 0. The van der Waals surface area contributed by atoms with Crippen molar-refractivity contribution >= 4 is 17.9 Å². The molecular weight excluding hydrogens is 220 g/mol. The number of nitrogens with zero attached hydrogens (tertiary/aromatic N) is 1. The van der Waals surface area contributed by atoms with Crippen LogP contribution in [0.25, 0.3) is 0 Å². The number of phenolic OH excluding ortho intramolecular Hbond substituents is 1. The molecule has 0 spiro atoms. The lowest BCUT2D eigenvalue weighted by atomic mass is 10.3. The first-order chi connectivity index (χ1) is 8.08. The van der Waals surface area contributed by atoms with Crippen LogP contribution in [0.4, 0.5) is 5.69 Å². The number of allylic oxidation sites excluding steroid dienone is 2. The Morgan fingerprint density at radius 2 is 1.88 bits per heavy atom. The summed E-state index contributed by atoms with van der Waals surface area (Å²) in [6, 6.07) is 6.32. The zero-order valence-electron chi connectivity index (χ0n) is 8.95. The van der Waals surface area contributed by atoms with E-state index < -0.39 is 5.97 Å². The monoisotopic (exact) mass is 232 g/mol. The Balaban J connectivity index is 2.63. The smallest absolute Gasteiger partial charge is 0.328 e. The number of aromatic hydroxyl groups is 1. The number of carboxylic acid groups (broad SMARTS) is 1. The molecule has 1 aromatic carbocycles. The first kappa shape index (κ1) is 12.5. The molecule has 0 radical (unpaired) electrons. The number of phenols is 1. The van der Waals surface area contributed by atoms with E-state index in [0.29, 0.717) is 5.69 Å². The number of aliphatic imine (C=N–C) groups is 1. The van der Waals surface area contributed by atoms with Crippen molar-refractivity contribution in [1.82, 2.24) is 0 Å². The molecule has 5 heteroatoms. The molecule has 0 saturated heterocycles. The Hall–Kier alpha value is -2.56. The lowest BCUT2D eigenvalue weighted by molar-refractivity contribution is -0.131. The number of carboxylic acids is 1. The van der Waals surface area contributed by atoms with Crippen LogP contribution in [0.2, 0.25) is 0 Å². The molecule has 0 aliphatic carbocycles. The van der Waals surface area contributed by atoms with Gasteiger partial charge in [0.1, 0.15) is 5.75 Å². The van der Waals surface area contributed by atoms with Crippen LogP contribution in [0.1, 0.15) is 0 Å². The summed E-state index contributed by atoms with van der Waals surface area (Å²) in [4.78, 5) is 14.2. The minimum Gasteiger partial charge on any atom is -0.508 e. The van der Waals surface area contributed by atoms with Gasteiger partial charge in [0.05, 0.1) is 5.69 Å². The molecule has 0 aliphatic rings. The van der Waals surface area contributed by atoms with Crippen molar-refractivity contribution in [3.63, 3.8) is 0 Å². The van der Waals surface area contributed by atoms with Gasteiger partial charge in [-0.15, -0.1) is 0 Å². The maximum Gasteiger partial charge on any atom is 0.328 e. The molecule has 1 rings (SSSR count). The predicted octanol–water partition coefficient (Wildman–Crippen LogP) is 1.58. The Kier molecular flexibility index (Phi) is 4.50. The first-order valence-electron chi connectivity index (χ1n) is 4.78. The van der Waals surface area contributed by atoms with E-state index in [1.54, 1.807) is 12.1 Å². The van der Waals surface area contributed by atoms with Crippen molar-refractivity contribution in [2.45, 2.75) is 0 Å². The molecule has 0 amide bonds. The summed E-state index contributed by atoms with van der Waals surface area (Å²) in [5.41, 5.74) is 6.44. The largest absolute Gasteiger partial charge is 0.508 e. The molecule has 0 heterocycles. The number of hydrogen-bond donors (Lipinski definition) is 3. The number of hydrogen-bond acceptors (Lipinski definition) is 4. The molecule has 0 unspecified atom stereocenters. The summed E-state index contributed by atoms with van der Waals surface area (Å²) in [6.45, 7) is 0. The fraction of sp³-hybridized carbons (Fsp3) is 0. The van der Waals surface area contributed by atoms with Gasteiger partial charge in [-0.3, -0.25) is 4.99 Å². The zero-order valence-corrected chi connectivity index (χ0v) is 8.95. The van der Waals surface area contributed by atoms with E-state index in [1.165, 1.54) is 30.5 Å². The second-order valence-electron chi connectivity index (χ2n) is 3.13. The Bertz CT molecular complexity index is 473. The minimum atomic E-state index is -1.06. The third kappa shape index (κ3) is 5.17. The van der Waals surface area contributed by atoms with Gasteiger partial charge in [0.25, 0.3) is 0 Å². The number of aliphatic carboxylic acids is 1. The first-order valence-corrected chi connectivity index (χ1v) is 4.78. The van der Waals surface area contributed by atoms with Crippen LogP contribution in [-0.4, -0.2) is 22.4 Å². The van der Waals surface area contributed by atoms with Gasteiger partial charge in [0, 0.05) is 18.0 Å². The van der Waals surface area contributed by atoms with Gasteiger partial charge in [0.15, 0.2) is 0 Å². The summed E-state index contributed by atoms with van der Waals surface area (Å²) < 4.78 is 0. The van der Waals surface area contributed by atoms with Gasteiger partial charge < -0.3 is 15.9 Å². The van der Waals surface area contributed by atoms with Crippen LogP contribution in [0.3, 0.4) is 0 Å². The molecule has 0 atom stereocenters. The third-order valence-electron chi connectivity index (χ3n) is 1.76. The number of carbonyl (C=O) groups is 1. The normalized spacial score (nSPS) is 12.4. The van der Waals surface area contributed by atoms with Crippen molar-refractivity contribution in [2.24, 2.45) is 10.7 Å². The average molecular weight is 232 g/mol. The molecule has 4 N–H and O–H groups in total. The van der Waals surface area contributed by atoms with Crippen molar-refractivity contribution in [3.05, 3.63) is 48.2 Å². The van der Waals surface area contributed by atoms with Crippen LogP contribution in [-0.2, 0) is 4.79 Å². The second kappa shape index (κ2) is 6.12. The zero-order chi connectivity index (χ0) is 12.7. The van der Waals surface area contributed by atoms with Gasteiger partial charge in [-0.1, -0.05) is 0 Å². The lowest BCUT2D eigenvalue weighted by Crippen LogP contribution is -1.95. The number of benzene rings is 1. The summed E-state index contributed by atoms with van der Waals surface area (Å²) in [5.74, 6) is -0.889. The van der Waals surface area contributed by atoms with E-state index >= 15 is 0 Å². The van der Waals surface area contributed by atoms with Crippen molar-refractivity contribution < 1.29 is 15.0 Å². The number of nitrogens with two attached hydrogens (primary N) is 1. The van der Waals surface area contributed by atoms with E-state index in [2.05, 4.69) is 4.99 Å². The van der Waals surface area contributed by atoms with E-state index in [1.807, 2.05) is 0 Å². The lowest BCUT2D eigenvalue weighted by Gasteiger charge is -1.92. The fourth-order valence-electron chi connectivity index (χ4n) is 0.971. The van der Waals surface area contributed by atoms with E-state index in [4.69, 9.17) is 15.9 Å². The highest BCUT2D eigenvalue weighted by Gasteiger charge is 1.88. The summed E-state index contributed by atoms with van der Waals surface area (Å²) in [6.07, 6.45) is 5.14. The molecule has 0 fully saturated rings. The fourth-order valence-corrected chi connectivity index (χ4v) is 0.971. The molecule has 0 saturated carbocycles. The summed E-state index contributed by atoms with van der Waals surface area (Å²) in [5, 5.41) is 17.4. The van der Waals surface area contributed by atoms with Gasteiger partial charge in [0.2, 0.25) is 0 Å². The average Bonchev–Trinajstić information content (AvgIpc) is 2.29. The molecule has 0 bridgehead atoms. The maximum atomic E-state index is 10.2. The molecule has 0 aliphatic heterocycles. The van der Waals surface area contributed by atoms with Gasteiger partial charge in [-0.05, 0) is 36.4 Å². The van der Waals surface area contributed by atoms with Crippen molar-refractivity contribution in [1.29, 1.82) is 0 Å². The maximum absolute atomic E-state index is 10.2. The topological polar surface area (TPSA) is 95.9 Å². The Labute approximate surface area is 98.2 Å². The molecule has 5 nitrogen and oxygen atoms in total. The second-order valence-corrected chi connectivity index (χ2v) is 3.13. The Morgan fingerprint density at radius 1 is 1.24 bits per heavy atom. The van der Waals surface area contributed by atoms with Crippen molar-refractivity contribution in [3.8, 4) is 5.75 Å². The highest BCUT2D eigenvalue weighted by atomic mass is 16.4.